The normalized spacial score (nSPS) is 21.0. The Labute approximate surface area is 138 Å². The van der Waals surface area contributed by atoms with E-state index in [9.17, 15) is 9.90 Å². The summed E-state index contributed by atoms with van der Waals surface area (Å²) in [7, 11) is 3.53. The second kappa shape index (κ2) is 8.89. The number of benzene rings is 1. The number of aliphatic hydroxyl groups excluding tert-OH is 1. The van der Waals surface area contributed by atoms with Crippen LogP contribution in [0.2, 0.25) is 0 Å². The Hall–Kier alpha value is -1.59. The third-order valence-corrected chi connectivity index (χ3v) is 4.79. The van der Waals surface area contributed by atoms with Gasteiger partial charge in [0.1, 0.15) is 0 Å². The van der Waals surface area contributed by atoms with Crippen molar-refractivity contribution in [3.63, 3.8) is 0 Å². The van der Waals surface area contributed by atoms with Crippen LogP contribution in [0.5, 0.6) is 0 Å². The molecule has 0 aliphatic heterocycles. The van der Waals surface area contributed by atoms with Crippen LogP contribution in [0.4, 0.5) is 4.79 Å². The average molecular weight is 320 g/mol. The number of amides is 2. The second-order valence-electron chi connectivity index (χ2n) is 6.33. The van der Waals surface area contributed by atoms with Gasteiger partial charge in [-0.2, -0.15) is 0 Å². The monoisotopic (exact) mass is 320 g/mol. The molecule has 0 heterocycles. The fourth-order valence-corrected chi connectivity index (χ4v) is 3.20. The van der Waals surface area contributed by atoms with Crippen molar-refractivity contribution >= 4 is 6.03 Å². The van der Waals surface area contributed by atoms with Gasteiger partial charge in [0, 0.05) is 33.4 Å². The fourth-order valence-electron chi connectivity index (χ4n) is 3.20. The quantitative estimate of drug-likeness (QED) is 0.847. The van der Waals surface area contributed by atoms with E-state index < -0.39 is 0 Å². The molecule has 1 aliphatic carbocycles. The van der Waals surface area contributed by atoms with E-state index in [-0.39, 0.29) is 18.7 Å². The molecule has 23 heavy (non-hydrogen) atoms. The molecule has 1 aromatic carbocycles. The summed E-state index contributed by atoms with van der Waals surface area (Å²) in [5.74, 6) is 0.406. The van der Waals surface area contributed by atoms with Crippen molar-refractivity contribution < 1.29 is 14.6 Å². The predicted molar refractivity (Wildman–Crippen MR) is 90.0 cm³/mol. The van der Waals surface area contributed by atoms with Crippen molar-refractivity contribution in [2.24, 2.45) is 5.92 Å². The van der Waals surface area contributed by atoms with Crippen molar-refractivity contribution in [2.45, 2.75) is 44.9 Å². The molecule has 0 atom stereocenters. The molecular weight excluding hydrogens is 292 g/mol. The van der Waals surface area contributed by atoms with Gasteiger partial charge in [0.15, 0.2) is 0 Å². The summed E-state index contributed by atoms with van der Waals surface area (Å²) in [6.07, 6.45) is 3.93. The predicted octanol–water partition coefficient (Wildman–Crippen LogP) is 2.53. The van der Waals surface area contributed by atoms with Gasteiger partial charge in [-0.15, -0.1) is 0 Å². The lowest BCUT2D eigenvalue weighted by molar-refractivity contribution is 0.134. The molecule has 0 aromatic heterocycles. The average Bonchev–Trinajstić information content (AvgIpc) is 2.60. The first-order valence-electron chi connectivity index (χ1n) is 8.33. The van der Waals surface area contributed by atoms with E-state index in [0.29, 0.717) is 19.1 Å². The largest absolute Gasteiger partial charge is 0.396 e. The minimum absolute atomic E-state index is 0.0373. The molecular formula is C18H28N2O3. The van der Waals surface area contributed by atoms with E-state index in [1.807, 2.05) is 36.2 Å². The Bertz CT molecular complexity index is 499. The second-order valence-corrected chi connectivity index (χ2v) is 6.33. The van der Waals surface area contributed by atoms with Gasteiger partial charge in [0.05, 0.1) is 6.61 Å². The third-order valence-electron chi connectivity index (χ3n) is 4.79. The molecule has 0 spiro atoms. The molecule has 1 aromatic rings. The highest BCUT2D eigenvalue weighted by Gasteiger charge is 2.26. The van der Waals surface area contributed by atoms with E-state index in [4.69, 9.17) is 4.74 Å². The lowest BCUT2D eigenvalue weighted by atomic mass is 9.86. The zero-order valence-electron chi connectivity index (χ0n) is 14.1. The molecule has 1 fully saturated rings. The van der Waals surface area contributed by atoms with Gasteiger partial charge >= 0.3 is 6.03 Å². The van der Waals surface area contributed by atoms with E-state index in [1.54, 1.807) is 7.11 Å². The van der Waals surface area contributed by atoms with Gasteiger partial charge < -0.3 is 20.1 Å². The molecule has 0 radical (unpaired) electrons. The van der Waals surface area contributed by atoms with Gasteiger partial charge in [-0.05, 0) is 42.7 Å². The van der Waals surface area contributed by atoms with Crippen LogP contribution in [0.1, 0.15) is 36.8 Å². The Morgan fingerprint density at radius 3 is 2.52 bits per heavy atom. The highest BCUT2D eigenvalue weighted by atomic mass is 16.5. The summed E-state index contributed by atoms with van der Waals surface area (Å²) < 4.78 is 5.20. The summed E-state index contributed by atoms with van der Waals surface area (Å²) >= 11 is 0. The Morgan fingerprint density at radius 2 is 1.91 bits per heavy atom. The van der Waals surface area contributed by atoms with Gasteiger partial charge in [0.25, 0.3) is 0 Å². The topological polar surface area (TPSA) is 61.8 Å². The zero-order valence-corrected chi connectivity index (χ0v) is 14.1. The highest BCUT2D eigenvalue weighted by molar-refractivity contribution is 5.74. The maximum atomic E-state index is 12.4. The van der Waals surface area contributed by atoms with Crippen LogP contribution in [-0.2, 0) is 17.9 Å². The summed E-state index contributed by atoms with van der Waals surface area (Å²) in [5, 5.41) is 12.2. The third kappa shape index (κ3) is 4.94. The molecule has 5 heteroatoms. The Balaban J connectivity index is 1.85. The van der Waals surface area contributed by atoms with Crippen LogP contribution < -0.4 is 5.32 Å². The van der Waals surface area contributed by atoms with Gasteiger partial charge in [0.2, 0.25) is 0 Å². The number of urea groups is 1. The Morgan fingerprint density at radius 1 is 1.26 bits per heavy atom. The number of carbonyl (C=O) groups is 1. The maximum absolute atomic E-state index is 12.4. The number of ether oxygens (including phenoxy) is 1. The fraction of sp³-hybridized carbons (Fsp3) is 0.611. The van der Waals surface area contributed by atoms with Crippen molar-refractivity contribution in [2.75, 3.05) is 20.8 Å². The SMILES string of the molecule is COCc1ccccc1CNC(=O)N(C)C1CCC(CO)CC1. The van der Waals surface area contributed by atoms with Gasteiger partial charge in [-0.3, -0.25) is 0 Å². The first kappa shape index (κ1) is 17.8. The minimum Gasteiger partial charge on any atom is -0.396 e. The molecule has 0 saturated heterocycles. The lowest BCUT2D eigenvalue weighted by Gasteiger charge is -2.34. The number of nitrogens with zero attached hydrogens (tertiary/aromatic N) is 1. The number of nitrogens with one attached hydrogen (secondary N) is 1. The number of rotatable bonds is 6. The number of hydrogen-bond donors (Lipinski definition) is 2. The zero-order chi connectivity index (χ0) is 16.7. The summed E-state index contributed by atoms with van der Waals surface area (Å²) in [6.45, 7) is 1.32. The standard InChI is InChI=1S/C18H28N2O3/c1-20(17-9-7-14(12-21)8-10-17)18(22)19-11-15-5-3-4-6-16(15)13-23-2/h3-6,14,17,21H,7-13H2,1-2H3,(H,19,22). The molecule has 2 amide bonds. The van der Waals surface area contributed by atoms with Crippen LogP contribution >= 0.6 is 0 Å². The molecule has 2 rings (SSSR count). The van der Waals surface area contributed by atoms with Crippen molar-refractivity contribution in [3.05, 3.63) is 35.4 Å². The Kier molecular flexibility index (Phi) is 6.86. The van der Waals surface area contributed by atoms with E-state index >= 15 is 0 Å². The number of carbonyl (C=O) groups excluding carboxylic acids is 1. The van der Waals surface area contributed by atoms with Crippen molar-refractivity contribution in [3.8, 4) is 0 Å². The highest BCUT2D eigenvalue weighted by Crippen LogP contribution is 2.26. The van der Waals surface area contributed by atoms with E-state index in [0.717, 1.165) is 36.8 Å². The minimum atomic E-state index is -0.0373. The summed E-state index contributed by atoms with van der Waals surface area (Å²) in [5.41, 5.74) is 2.18. The van der Waals surface area contributed by atoms with Crippen LogP contribution in [0.25, 0.3) is 0 Å². The maximum Gasteiger partial charge on any atom is 0.317 e. The lowest BCUT2D eigenvalue weighted by Crippen LogP contribution is -2.45. The number of methoxy groups -OCH3 is 1. The molecule has 1 aliphatic rings. The van der Waals surface area contributed by atoms with Crippen LogP contribution in [0, 0.1) is 5.92 Å². The molecule has 0 unspecified atom stereocenters. The van der Waals surface area contributed by atoms with Gasteiger partial charge in [-0.1, -0.05) is 24.3 Å². The van der Waals surface area contributed by atoms with Crippen LogP contribution in [-0.4, -0.2) is 42.8 Å². The molecule has 128 valence electrons. The molecule has 5 nitrogen and oxygen atoms in total. The van der Waals surface area contributed by atoms with Crippen molar-refractivity contribution in [1.82, 2.24) is 10.2 Å². The van der Waals surface area contributed by atoms with Crippen LogP contribution in [0.3, 0.4) is 0 Å². The molecule has 2 N–H and O–H groups in total. The van der Waals surface area contributed by atoms with Crippen LogP contribution in [0.15, 0.2) is 24.3 Å². The number of aliphatic hydroxyl groups is 1. The number of hydrogen-bond acceptors (Lipinski definition) is 3. The first-order chi connectivity index (χ1) is 11.2. The summed E-state index contributed by atoms with van der Waals surface area (Å²) in [4.78, 5) is 14.2. The molecule has 1 saturated carbocycles. The smallest absolute Gasteiger partial charge is 0.317 e. The van der Waals surface area contributed by atoms with E-state index in [2.05, 4.69) is 5.32 Å². The summed E-state index contributed by atoms with van der Waals surface area (Å²) in [6, 6.07) is 8.22. The van der Waals surface area contributed by atoms with Crippen molar-refractivity contribution in [1.29, 1.82) is 0 Å². The van der Waals surface area contributed by atoms with E-state index in [1.165, 1.54) is 0 Å². The molecule has 0 bridgehead atoms. The van der Waals surface area contributed by atoms with Gasteiger partial charge in [-0.25, -0.2) is 4.79 Å². The first-order valence-corrected chi connectivity index (χ1v) is 8.33.